The van der Waals surface area contributed by atoms with Crippen LogP contribution in [-0.2, 0) is 20.7 Å². The smallest absolute Gasteiger partial charge is 0.333 e. The number of benzene rings is 1. The molecule has 1 aliphatic heterocycles. The Morgan fingerprint density at radius 1 is 1.19 bits per heavy atom. The first-order valence-electron chi connectivity index (χ1n) is 9.74. The third kappa shape index (κ3) is 2.31. The van der Waals surface area contributed by atoms with Crippen molar-refractivity contribution in [3.05, 3.63) is 59.2 Å². The Bertz CT molecular complexity index is 1580. The predicted octanol–water partition coefficient (Wildman–Crippen LogP) is 2.57. The molecule has 0 radical (unpaired) electrons. The first kappa shape index (κ1) is 17.7. The molecular formula is C22H18N6O3. The molecule has 31 heavy (non-hydrogen) atoms. The largest absolute Gasteiger partial charge is 0.496 e. The Hall–Kier alpha value is -4.14. The highest BCUT2D eigenvalue weighted by atomic mass is 16.5. The molecule has 1 aromatic carbocycles. The van der Waals surface area contributed by atoms with E-state index in [0.29, 0.717) is 28.2 Å². The van der Waals surface area contributed by atoms with Crippen molar-refractivity contribution in [1.82, 2.24) is 28.9 Å². The standard InChI is InChI=1S/C22H18N6O3/c1-26-10-13(7-25-26)18-17(30-3)6-14-19-20-16(9-24-14)27(2)22(29)28(20)15-8-23-5-4-12(15)11-31-21(18)19/h4-10H,11H2,1-3H3. The molecule has 9 heteroatoms. The highest BCUT2D eigenvalue weighted by Gasteiger charge is 2.27. The summed E-state index contributed by atoms with van der Waals surface area (Å²) in [6.07, 6.45) is 8.78. The van der Waals surface area contributed by atoms with E-state index in [9.17, 15) is 4.79 Å². The van der Waals surface area contributed by atoms with Gasteiger partial charge in [-0.15, -0.1) is 0 Å². The number of aromatic nitrogens is 6. The van der Waals surface area contributed by atoms with Crippen molar-refractivity contribution in [2.75, 3.05) is 7.11 Å². The maximum atomic E-state index is 13.3. The zero-order chi connectivity index (χ0) is 21.3. The average molecular weight is 414 g/mol. The first-order chi connectivity index (χ1) is 15.1. The summed E-state index contributed by atoms with van der Waals surface area (Å²) in [6.45, 7) is 0.268. The number of methoxy groups -OCH3 is 1. The highest BCUT2D eigenvalue weighted by molar-refractivity contribution is 6.10. The van der Waals surface area contributed by atoms with Crippen molar-refractivity contribution >= 4 is 21.9 Å². The molecule has 9 nitrogen and oxygen atoms in total. The van der Waals surface area contributed by atoms with Crippen LogP contribution in [0.25, 0.3) is 38.8 Å². The van der Waals surface area contributed by atoms with E-state index in [0.717, 1.165) is 27.6 Å². The van der Waals surface area contributed by atoms with Crippen LogP contribution in [0.15, 0.2) is 47.9 Å². The summed E-state index contributed by atoms with van der Waals surface area (Å²) in [5, 5.41) is 5.07. The van der Waals surface area contributed by atoms with E-state index in [-0.39, 0.29) is 12.3 Å². The maximum Gasteiger partial charge on any atom is 0.333 e. The summed E-state index contributed by atoms with van der Waals surface area (Å²) < 4.78 is 17.2. The first-order valence-corrected chi connectivity index (χ1v) is 9.74. The van der Waals surface area contributed by atoms with E-state index in [1.807, 2.05) is 25.4 Å². The Balaban J connectivity index is 1.88. The minimum Gasteiger partial charge on any atom is -0.496 e. The van der Waals surface area contributed by atoms with Crippen LogP contribution in [0.5, 0.6) is 11.5 Å². The van der Waals surface area contributed by atoms with E-state index < -0.39 is 0 Å². The highest BCUT2D eigenvalue weighted by Crippen LogP contribution is 2.46. The molecule has 0 atom stereocenters. The number of ether oxygens (including phenoxy) is 2. The number of nitrogens with zero attached hydrogens (tertiary/aromatic N) is 6. The minimum atomic E-state index is -0.162. The van der Waals surface area contributed by atoms with Crippen LogP contribution in [0.1, 0.15) is 5.56 Å². The van der Waals surface area contributed by atoms with Gasteiger partial charge in [0.2, 0.25) is 0 Å². The summed E-state index contributed by atoms with van der Waals surface area (Å²) in [6, 6.07) is 3.74. The molecule has 6 rings (SSSR count). The molecule has 0 fully saturated rings. The van der Waals surface area contributed by atoms with E-state index in [1.165, 1.54) is 0 Å². The molecule has 0 saturated carbocycles. The van der Waals surface area contributed by atoms with E-state index in [1.54, 1.807) is 52.8 Å². The molecule has 1 aliphatic rings. The van der Waals surface area contributed by atoms with Crippen molar-refractivity contribution in [2.24, 2.45) is 14.1 Å². The molecule has 5 heterocycles. The number of fused-ring (bicyclic) bond motifs is 2. The Morgan fingerprint density at radius 3 is 2.84 bits per heavy atom. The normalized spacial score (nSPS) is 12.6. The summed E-state index contributed by atoms with van der Waals surface area (Å²) >= 11 is 0. The van der Waals surface area contributed by atoms with E-state index in [2.05, 4.69) is 15.1 Å². The van der Waals surface area contributed by atoms with Crippen molar-refractivity contribution in [1.29, 1.82) is 0 Å². The third-order valence-electron chi connectivity index (χ3n) is 5.81. The second-order valence-corrected chi connectivity index (χ2v) is 7.54. The topological polar surface area (TPSA) is 89.0 Å². The van der Waals surface area contributed by atoms with Crippen LogP contribution in [0.2, 0.25) is 0 Å². The van der Waals surface area contributed by atoms with Crippen LogP contribution in [-0.4, -0.2) is 36.0 Å². The lowest BCUT2D eigenvalue weighted by Crippen LogP contribution is -2.22. The number of pyridine rings is 2. The van der Waals surface area contributed by atoms with Gasteiger partial charge in [-0.3, -0.25) is 23.8 Å². The molecule has 0 spiro atoms. The van der Waals surface area contributed by atoms with Gasteiger partial charge in [-0.2, -0.15) is 5.10 Å². The zero-order valence-corrected chi connectivity index (χ0v) is 17.2. The molecule has 5 aromatic rings. The van der Waals surface area contributed by atoms with Gasteiger partial charge in [-0.25, -0.2) is 4.79 Å². The fourth-order valence-corrected chi connectivity index (χ4v) is 4.33. The lowest BCUT2D eigenvalue weighted by Gasteiger charge is -2.21. The Morgan fingerprint density at radius 2 is 2.06 bits per heavy atom. The molecule has 0 unspecified atom stereocenters. The van der Waals surface area contributed by atoms with Gasteiger partial charge in [0.15, 0.2) is 0 Å². The summed E-state index contributed by atoms with van der Waals surface area (Å²) in [4.78, 5) is 22.2. The van der Waals surface area contributed by atoms with Gasteiger partial charge >= 0.3 is 5.69 Å². The van der Waals surface area contributed by atoms with E-state index >= 15 is 0 Å². The number of hydrogen-bond acceptors (Lipinski definition) is 6. The number of imidazole rings is 1. The molecule has 0 N–H and O–H groups in total. The van der Waals surface area contributed by atoms with Crippen LogP contribution >= 0.6 is 0 Å². The minimum absolute atomic E-state index is 0.162. The van der Waals surface area contributed by atoms with Crippen molar-refractivity contribution in [3.8, 4) is 28.3 Å². The second-order valence-electron chi connectivity index (χ2n) is 7.54. The second kappa shape index (κ2) is 6.18. The third-order valence-corrected chi connectivity index (χ3v) is 5.81. The van der Waals surface area contributed by atoms with E-state index in [4.69, 9.17) is 9.47 Å². The van der Waals surface area contributed by atoms with Crippen molar-refractivity contribution in [3.63, 3.8) is 0 Å². The van der Waals surface area contributed by atoms with Crippen LogP contribution in [0.3, 0.4) is 0 Å². The van der Waals surface area contributed by atoms with Gasteiger partial charge in [0.05, 0.1) is 58.9 Å². The van der Waals surface area contributed by atoms with Gasteiger partial charge in [0.25, 0.3) is 0 Å². The molecule has 0 saturated heterocycles. The SMILES string of the molecule is COc1cc2ncc3c4c2c(c1-c1cnn(C)c1)OCc1ccncc1-n4c(=O)n3C. The van der Waals surface area contributed by atoms with Gasteiger partial charge in [-0.1, -0.05) is 0 Å². The fraction of sp³-hybridized carbons (Fsp3) is 0.182. The number of hydrogen-bond donors (Lipinski definition) is 0. The number of rotatable bonds is 2. The van der Waals surface area contributed by atoms with Crippen molar-refractivity contribution in [2.45, 2.75) is 6.61 Å². The van der Waals surface area contributed by atoms with Crippen LogP contribution in [0, 0.1) is 0 Å². The Kier molecular flexibility index (Phi) is 3.53. The number of aryl methyl sites for hydroxylation is 2. The lowest BCUT2D eigenvalue weighted by molar-refractivity contribution is 0.308. The summed E-state index contributed by atoms with van der Waals surface area (Å²) in [5.41, 5.74) is 5.15. The maximum absolute atomic E-state index is 13.3. The van der Waals surface area contributed by atoms with Gasteiger partial charge in [0.1, 0.15) is 18.1 Å². The molecule has 0 bridgehead atoms. The zero-order valence-electron chi connectivity index (χ0n) is 17.2. The van der Waals surface area contributed by atoms with Gasteiger partial charge in [0, 0.05) is 43.7 Å². The fourth-order valence-electron chi connectivity index (χ4n) is 4.33. The van der Waals surface area contributed by atoms with Crippen molar-refractivity contribution < 1.29 is 9.47 Å². The molecular weight excluding hydrogens is 396 g/mol. The lowest BCUT2D eigenvalue weighted by atomic mass is 10.0. The molecule has 0 aliphatic carbocycles. The van der Waals surface area contributed by atoms with Gasteiger partial charge in [-0.05, 0) is 6.07 Å². The monoisotopic (exact) mass is 414 g/mol. The Labute approximate surface area is 176 Å². The quantitative estimate of drug-likeness (QED) is 0.441. The molecule has 4 aromatic heterocycles. The predicted molar refractivity (Wildman–Crippen MR) is 115 cm³/mol. The summed E-state index contributed by atoms with van der Waals surface area (Å²) in [7, 11) is 5.22. The van der Waals surface area contributed by atoms with Gasteiger partial charge < -0.3 is 9.47 Å². The average Bonchev–Trinajstić information content (AvgIpc) is 3.31. The molecule has 154 valence electrons. The summed E-state index contributed by atoms with van der Waals surface area (Å²) in [5.74, 6) is 1.24. The molecule has 0 amide bonds. The van der Waals surface area contributed by atoms with Crippen LogP contribution in [0.4, 0.5) is 0 Å². The van der Waals surface area contributed by atoms with Crippen LogP contribution < -0.4 is 15.2 Å².